The van der Waals surface area contributed by atoms with Crippen molar-refractivity contribution in [3.8, 4) is 0 Å². The summed E-state index contributed by atoms with van der Waals surface area (Å²) in [4.78, 5) is 23.9. The molecule has 0 unspecified atom stereocenters. The van der Waals surface area contributed by atoms with Gasteiger partial charge in [-0.25, -0.2) is 13.1 Å². The fourth-order valence-electron chi connectivity index (χ4n) is 3.31. The molecule has 3 aromatic rings. The second kappa shape index (κ2) is 11.0. The van der Waals surface area contributed by atoms with Crippen LogP contribution in [0.2, 0.25) is 0 Å². The molecule has 0 aliphatic heterocycles. The molecule has 1 amide bonds. The van der Waals surface area contributed by atoms with Crippen molar-refractivity contribution in [2.45, 2.75) is 44.2 Å². The van der Waals surface area contributed by atoms with E-state index in [2.05, 4.69) is 22.2 Å². The van der Waals surface area contributed by atoms with Crippen LogP contribution in [0.1, 0.15) is 52.1 Å². The summed E-state index contributed by atoms with van der Waals surface area (Å²) in [6, 6.07) is 22.8. The largest absolute Gasteiger partial charge is 0.350 e. The van der Waals surface area contributed by atoms with Crippen molar-refractivity contribution in [3.05, 3.63) is 101 Å². The van der Waals surface area contributed by atoms with E-state index in [-0.39, 0.29) is 29.2 Å². The van der Waals surface area contributed by atoms with Crippen LogP contribution in [0, 0.1) is 0 Å². The molecule has 0 saturated carbocycles. The number of hydrogen-bond donors (Lipinski definition) is 2. The van der Waals surface area contributed by atoms with Gasteiger partial charge in [-0.05, 0) is 62.1 Å². The van der Waals surface area contributed by atoms with E-state index in [0.717, 1.165) is 18.4 Å². The summed E-state index contributed by atoms with van der Waals surface area (Å²) in [7, 11) is -3.71. The zero-order valence-corrected chi connectivity index (χ0v) is 19.6. The van der Waals surface area contributed by atoms with Crippen LogP contribution in [-0.2, 0) is 23.0 Å². The first kappa shape index (κ1) is 24.4. The van der Waals surface area contributed by atoms with Gasteiger partial charge in [0.25, 0.3) is 5.91 Å². The third kappa shape index (κ3) is 7.10. The zero-order valence-electron chi connectivity index (χ0n) is 18.7. The van der Waals surface area contributed by atoms with Gasteiger partial charge in [0.1, 0.15) is 0 Å². The highest BCUT2D eigenvalue weighted by Crippen LogP contribution is 2.13. The van der Waals surface area contributed by atoms with E-state index in [4.69, 9.17) is 0 Å². The van der Waals surface area contributed by atoms with E-state index < -0.39 is 10.0 Å². The normalized spacial score (nSPS) is 12.2. The highest BCUT2D eigenvalue weighted by molar-refractivity contribution is 7.89. The Morgan fingerprint density at radius 2 is 1.42 bits per heavy atom. The van der Waals surface area contributed by atoms with Gasteiger partial charge in [-0.3, -0.25) is 9.59 Å². The third-order valence-corrected chi connectivity index (χ3v) is 6.76. The summed E-state index contributed by atoms with van der Waals surface area (Å²) in [5.74, 6) is -0.283. The molecule has 3 rings (SSSR count). The molecule has 0 fully saturated rings. The summed E-state index contributed by atoms with van der Waals surface area (Å²) in [6.45, 7) is 3.50. The predicted octanol–water partition coefficient (Wildman–Crippen LogP) is 4.12. The fourth-order valence-corrected chi connectivity index (χ4v) is 4.33. The number of ketones is 1. The van der Waals surface area contributed by atoms with Crippen LogP contribution in [0.3, 0.4) is 0 Å². The Kier molecular flexibility index (Phi) is 8.14. The first-order chi connectivity index (χ1) is 15.7. The molecule has 0 aromatic heterocycles. The van der Waals surface area contributed by atoms with Gasteiger partial charge in [0.2, 0.25) is 10.0 Å². The predicted molar refractivity (Wildman–Crippen MR) is 129 cm³/mol. The molecule has 6 nitrogen and oxygen atoms in total. The molecule has 0 spiro atoms. The average molecular weight is 465 g/mol. The maximum Gasteiger partial charge on any atom is 0.251 e. The molecule has 0 aliphatic carbocycles. The maximum absolute atomic E-state index is 12.5. The van der Waals surface area contributed by atoms with Crippen molar-refractivity contribution in [2.24, 2.45) is 0 Å². The van der Waals surface area contributed by atoms with Crippen LogP contribution < -0.4 is 10.0 Å². The average Bonchev–Trinajstić information content (AvgIpc) is 2.82. The molecule has 0 saturated heterocycles. The Morgan fingerprint density at radius 3 is 2.03 bits per heavy atom. The maximum atomic E-state index is 12.5. The Morgan fingerprint density at radius 1 is 0.818 bits per heavy atom. The number of Topliss-reactive ketones (excluding diaryl/α,β-unsaturated/α-hetero) is 1. The minimum absolute atomic E-state index is 0.0265. The van der Waals surface area contributed by atoms with Crippen LogP contribution in [0.15, 0.2) is 83.8 Å². The van der Waals surface area contributed by atoms with Crippen molar-refractivity contribution in [1.82, 2.24) is 10.0 Å². The van der Waals surface area contributed by atoms with E-state index >= 15 is 0 Å². The van der Waals surface area contributed by atoms with E-state index in [9.17, 15) is 18.0 Å². The minimum atomic E-state index is -3.71. The van der Waals surface area contributed by atoms with Crippen LogP contribution in [-0.4, -0.2) is 26.2 Å². The molecule has 0 bridgehead atoms. The molecule has 1 atom stereocenters. The lowest BCUT2D eigenvalue weighted by atomic mass is 10.1. The number of hydrogen-bond acceptors (Lipinski definition) is 4. The van der Waals surface area contributed by atoms with E-state index in [1.807, 2.05) is 25.1 Å². The van der Waals surface area contributed by atoms with Crippen LogP contribution >= 0.6 is 0 Å². The number of carbonyl (C=O) groups is 2. The Bertz CT molecular complexity index is 1190. The number of benzene rings is 3. The molecular weight excluding hydrogens is 436 g/mol. The Balaban J connectivity index is 1.51. The SMILES string of the molecule is CC(=O)c1ccc(S(=O)(=O)NCc2ccc(C(=O)N[C@H](C)CCc3ccccc3)cc2)cc1. The number of carbonyl (C=O) groups excluding carboxylic acids is 2. The van der Waals surface area contributed by atoms with Gasteiger partial charge in [-0.15, -0.1) is 0 Å². The molecule has 2 N–H and O–H groups in total. The summed E-state index contributed by atoms with van der Waals surface area (Å²) in [5.41, 5.74) is 2.94. The van der Waals surface area contributed by atoms with Gasteiger partial charge < -0.3 is 5.32 Å². The standard InChI is InChI=1S/C26H28N2O4S/c1-19(8-9-21-6-4-3-5-7-21)28-26(30)24-12-10-22(11-13-24)18-27-33(31,32)25-16-14-23(15-17-25)20(2)29/h3-7,10-17,19,27H,8-9,18H2,1-2H3,(H,28,30)/t19-/m1/s1. The van der Waals surface area contributed by atoms with Gasteiger partial charge in [0.05, 0.1) is 4.90 Å². The van der Waals surface area contributed by atoms with Crippen LogP contribution in [0.4, 0.5) is 0 Å². The summed E-state index contributed by atoms with van der Waals surface area (Å²) >= 11 is 0. The second-order valence-corrected chi connectivity index (χ2v) is 9.77. The monoisotopic (exact) mass is 464 g/mol. The zero-order chi connectivity index (χ0) is 23.8. The Labute approximate surface area is 195 Å². The van der Waals surface area contributed by atoms with Gasteiger partial charge in [-0.1, -0.05) is 54.6 Å². The number of sulfonamides is 1. The van der Waals surface area contributed by atoms with Crippen LogP contribution in [0.25, 0.3) is 0 Å². The molecule has 7 heteroatoms. The highest BCUT2D eigenvalue weighted by atomic mass is 32.2. The van der Waals surface area contributed by atoms with E-state index in [1.54, 1.807) is 24.3 Å². The number of nitrogens with one attached hydrogen (secondary N) is 2. The van der Waals surface area contributed by atoms with E-state index in [0.29, 0.717) is 11.1 Å². The molecule has 0 radical (unpaired) electrons. The number of aryl methyl sites for hydroxylation is 1. The summed E-state index contributed by atoms with van der Waals surface area (Å²) in [6.07, 6.45) is 1.72. The van der Waals surface area contributed by atoms with Gasteiger partial charge in [0, 0.05) is 23.7 Å². The van der Waals surface area contributed by atoms with Crippen LogP contribution in [0.5, 0.6) is 0 Å². The molecule has 172 valence electrons. The van der Waals surface area contributed by atoms with Crippen molar-refractivity contribution in [2.75, 3.05) is 0 Å². The third-order valence-electron chi connectivity index (χ3n) is 5.34. The first-order valence-electron chi connectivity index (χ1n) is 10.8. The molecule has 0 heterocycles. The topological polar surface area (TPSA) is 92.3 Å². The van der Waals surface area contributed by atoms with Gasteiger partial charge in [0.15, 0.2) is 5.78 Å². The van der Waals surface area contributed by atoms with Gasteiger partial charge >= 0.3 is 0 Å². The summed E-state index contributed by atoms with van der Waals surface area (Å²) in [5, 5.41) is 3.00. The van der Waals surface area contributed by atoms with Crippen molar-refractivity contribution >= 4 is 21.7 Å². The quantitative estimate of drug-likeness (QED) is 0.442. The lowest BCUT2D eigenvalue weighted by molar-refractivity contribution is 0.0937. The smallest absolute Gasteiger partial charge is 0.251 e. The van der Waals surface area contributed by atoms with E-state index in [1.165, 1.54) is 36.8 Å². The molecule has 3 aromatic carbocycles. The van der Waals surface area contributed by atoms with Crippen molar-refractivity contribution in [3.63, 3.8) is 0 Å². The lowest BCUT2D eigenvalue weighted by Crippen LogP contribution is -2.32. The summed E-state index contributed by atoms with van der Waals surface area (Å²) < 4.78 is 27.5. The van der Waals surface area contributed by atoms with Crippen molar-refractivity contribution in [1.29, 1.82) is 0 Å². The minimum Gasteiger partial charge on any atom is -0.350 e. The number of rotatable bonds is 10. The lowest BCUT2D eigenvalue weighted by Gasteiger charge is -2.14. The molecular formula is C26H28N2O4S. The van der Waals surface area contributed by atoms with Gasteiger partial charge in [-0.2, -0.15) is 0 Å². The first-order valence-corrected chi connectivity index (χ1v) is 12.3. The fraction of sp³-hybridized carbons (Fsp3) is 0.231. The highest BCUT2D eigenvalue weighted by Gasteiger charge is 2.15. The number of amides is 1. The second-order valence-electron chi connectivity index (χ2n) is 8.00. The molecule has 0 aliphatic rings. The van der Waals surface area contributed by atoms with Crippen molar-refractivity contribution < 1.29 is 18.0 Å². The molecule has 33 heavy (non-hydrogen) atoms. The Hall–Kier alpha value is -3.29.